The summed E-state index contributed by atoms with van der Waals surface area (Å²) in [5, 5.41) is 11.7. The molecule has 9 heteroatoms. The molecule has 0 unspecified atom stereocenters. The number of rotatable bonds is 3. The SMILES string of the molecule is Cc1cc(/C=N\n2cnnc2)c(C)n1-c1cc(C(F)(F)F)ccc1Cl. The summed E-state index contributed by atoms with van der Waals surface area (Å²) in [6.07, 6.45) is 0.00936. The molecule has 0 amide bonds. The van der Waals surface area contributed by atoms with Crippen LogP contribution in [0.5, 0.6) is 0 Å². The molecule has 1 aromatic carbocycles. The molecule has 2 heterocycles. The molecule has 25 heavy (non-hydrogen) atoms. The van der Waals surface area contributed by atoms with Crippen molar-refractivity contribution in [3.8, 4) is 5.69 Å². The average molecular weight is 368 g/mol. The fraction of sp³-hybridized carbons (Fsp3) is 0.188. The smallest absolute Gasteiger partial charge is 0.316 e. The van der Waals surface area contributed by atoms with E-state index in [0.29, 0.717) is 0 Å². The van der Waals surface area contributed by atoms with E-state index >= 15 is 0 Å². The van der Waals surface area contributed by atoms with E-state index in [1.807, 2.05) is 6.07 Å². The predicted octanol–water partition coefficient (Wildman–Crippen LogP) is 4.24. The number of halogens is 4. The molecule has 2 aromatic heterocycles. The molecular weight excluding hydrogens is 355 g/mol. The Morgan fingerprint density at radius 2 is 1.80 bits per heavy atom. The first-order valence-corrected chi connectivity index (χ1v) is 7.60. The second kappa shape index (κ2) is 6.36. The van der Waals surface area contributed by atoms with Crippen molar-refractivity contribution in [3.05, 3.63) is 64.5 Å². The van der Waals surface area contributed by atoms with Crippen LogP contribution in [0.25, 0.3) is 5.69 Å². The van der Waals surface area contributed by atoms with E-state index in [2.05, 4.69) is 15.3 Å². The van der Waals surface area contributed by atoms with Crippen LogP contribution in [-0.2, 0) is 6.18 Å². The van der Waals surface area contributed by atoms with Gasteiger partial charge in [0.15, 0.2) is 0 Å². The molecule has 5 nitrogen and oxygen atoms in total. The van der Waals surface area contributed by atoms with Crippen molar-refractivity contribution in [2.24, 2.45) is 5.10 Å². The Bertz CT molecular complexity index is 926. The standard InChI is InChI=1S/C16H13ClF3N5/c1-10-5-12(7-23-24-8-21-22-9-24)11(2)25(10)15-6-13(16(18,19)20)3-4-14(15)17/h3-9H,1-2H3/b23-7-. The molecular formula is C16H13ClF3N5. The van der Waals surface area contributed by atoms with Crippen LogP contribution in [0.15, 0.2) is 42.0 Å². The molecule has 3 aromatic rings. The quantitative estimate of drug-likeness (QED) is 0.650. The zero-order chi connectivity index (χ0) is 18.2. The lowest BCUT2D eigenvalue weighted by Crippen LogP contribution is -2.08. The number of alkyl halides is 3. The number of aromatic nitrogens is 4. The van der Waals surface area contributed by atoms with Gasteiger partial charge in [-0.05, 0) is 38.1 Å². The van der Waals surface area contributed by atoms with Crippen molar-refractivity contribution in [2.75, 3.05) is 0 Å². The topological polar surface area (TPSA) is 48.0 Å². The molecule has 0 spiro atoms. The van der Waals surface area contributed by atoms with Crippen LogP contribution in [-0.4, -0.2) is 25.7 Å². The zero-order valence-corrected chi connectivity index (χ0v) is 14.0. The molecule has 0 atom stereocenters. The van der Waals surface area contributed by atoms with Gasteiger partial charge in [0.1, 0.15) is 12.7 Å². The summed E-state index contributed by atoms with van der Waals surface area (Å²) in [6, 6.07) is 5.08. The van der Waals surface area contributed by atoms with Crippen LogP contribution in [0.4, 0.5) is 13.2 Å². The summed E-state index contributed by atoms with van der Waals surface area (Å²) in [7, 11) is 0. The van der Waals surface area contributed by atoms with E-state index in [4.69, 9.17) is 11.6 Å². The Kier molecular flexibility index (Phi) is 4.38. The van der Waals surface area contributed by atoms with Gasteiger partial charge < -0.3 is 4.57 Å². The molecule has 0 aliphatic heterocycles. The number of nitrogens with zero attached hydrogens (tertiary/aromatic N) is 5. The lowest BCUT2D eigenvalue weighted by molar-refractivity contribution is -0.137. The molecule has 0 bridgehead atoms. The summed E-state index contributed by atoms with van der Waals surface area (Å²) in [6.45, 7) is 3.58. The van der Waals surface area contributed by atoms with Gasteiger partial charge in [-0.3, -0.25) is 0 Å². The maximum atomic E-state index is 13.0. The van der Waals surface area contributed by atoms with E-state index in [1.165, 1.54) is 23.4 Å². The molecule has 3 rings (SSSR count). The summed E-state index contributed by atoms with van der Waals surface area (Å²) in [5.74, 6) is 0. The third kappa shape index (κ3) is 3.43. The first-order chi connectivity index (χ1) is 11.8. The highest BCUT2D eigenvalue weighted by Gasteiger charge is 2.31. The van der Waals surface area contributed by atoms with E-state index in [0.717, 1.165) is 29.1 Å². The lowest BCUT2D eigenvalue weighted by Gasteiger charge is -2.14. The fourth-order valence-corrected chi connectivity index (χ4v) is 2.74. The van der Waals surface area contributed by atoms with Gasteiger partial charge in [-0.15, -0.1) is 10.2 Å². The van der Waals surface area contributed by atoms with Crippen molar-refractivity contribution in [1.29, 1.82) is 0 Å². The summed E-state index contributed by atoms with van der Waals surface area (Å²) in [4.78, 5) is 0. The van der Waals surface area contributed by atoms with Gasteiger partial charge in [0.05, 0.1) is 22.5 Å². The summed E-state index contributed by atoms with van der Waals surface area (Å²) in [5.41, 5.74) is 1.73. The third-order valence-corrected chi connectivity index (χ3v) is 4.04. The van der Waals surface area contributed by atoms with Crippen LogP contribution in [0.2, 0.25) is 5.02 Å². The second-order valence-corrected chi connectivity index (χ2v) is 5.82. The van der Waals surface area contributed by atoms with Crippen molar-refractivity contribution >= 4 is 17.8 Å². The van der Waals surface area contributed by atoms with Crippen LogP contribution in [0.3, 0.4) is 0 Å². The van der Waals surface area contributed by atoms with Crippen molar-refractivity contribution in [2.45, 2.75) is 20.0 Å². The molecule has 0 fully saturated rings. The van der Waals surface area contributed by atoms with E-state index in [9.17, 15) is 13.2 Å². The molecule has 0 saturated heterocycles. The van der Waals surface area contributed by atoms with Crippen molar-refractivity contribution in [3.63, 3.8) is 0 Å². The van der Waals surface area contributed by atoms with E-state index in [1.54, 1.807) is 24.6 Å². The largest absolute Gasteiger partial charge is 0.416 e. The Labute approximate surface area is 146 Å². The summed E-state index contributed by atoms with van der Waals surface area (Å²) < 4.78 is 42.1. The molecule has 0 radical (unpaired) electrons. The van der Waals surface area contributed by atoms with Gasteiger partial charge in [-0.2, -0.15) is 18.3 Å². The summed E-state index contributed by atoms with van der Waals surface area (Å²) >= 11 is 6.15. The normalized spacial score (nSPS) is 12.2. The highest BCUT2D eigenvalue weighted by atomic mass is 35.5. The van der Waals surface area contributed by atoms with Gasteiger partial charge in [0, 0.05) is 17.0 Å². The van der Waals surface area contributed by atoms with Crippen molar-refractivity contribution in [1.82, 2.24) is 19.4 Å². The maximum absolute atomic E-state index is 13.0. The van der Waals surface area contributed by atoms with Crippen LogP contribution < -0.4 is 0 Å². The minimum absolute atomic E-state index is 0.233. The predicted molar refractivity (Wildman–Crippen MR) is 88.3 cm³/mol. The molecule has 0 aliphatic carbocycles. The van der Waals surface area contributed by atoms with E-state index in [-0.39, 0.29) is 10.7 Å². The third-order valence-electron chi connectivity index (χ3n) is 3.72. The van der Waals surface area contributed by atoms with Gasteiger partial charge in [0.25, 0.3) is 0 Å². The number of hydrogen-bond donors (Lipinski definition) is 0. The Morgan fingerprint density at radius 1 is 1.12 bits per heavy atom. The molecule has 130 valence electrons. The van der Waals surface area contributed by atoms with Crippen LogP contribution in [0, 0.1) is 13.8 Å². The number of benzene rings is 1. The maximum Gasteiger partial charge on any atom is 0.416 e. The minimum atomic E-state index is -4.44. The zero-order valence-electron chi connectivity index (χ0n) is 13.3. The highest BCUT2D eigenvalue weighted by Crippen LogP contribution is 2.34. The number of hydrogen-bond acceptors (Lipinski definition) is 3. The lowest BCUT2D eigenvalue weighted by atomic mass is 10.2. The fourth-order valence-electron chi connectivity index (χ4n) is 2.53. The van der Waals surface area contributed by atoms with Gasteiger partial charge in [-0.25, -0.2) is 4.68 Å². The Balaban J connectivity index is 2.07. The molecule has 0 N–H and O–H groups in total. The minimum Gasteiger partial charge on any atom is -0.316 e. The Morgan fingerprint density at radius 3 is 2.44 bits per heavy atom. The van der Waals surface area contributed by atoms with Crippen LogP contribution >= 0.6 is 11.6 Å². The van der Waals surface area contributed by atoms with Crippen molar-refractivity contribution < 1.29 is 13.2 Å². The van der Waals surface area contributed by atoms with Gasteiger partial charge in [-0.1, -0.05) is 11.6 Å². The van der Waals surface area contributed by atoms with Gasteiger partial charge >= 0.3 is 6.18 Å². The van der Waals surface area contributed by atoms with E-state index < -0.39 is 11.7 Å². The van der Waals surface area contributed by atoms with Gasteiger partial charge in [0.2, 0.25) is 0 Å². The second-order valence-electron chi connectivity index (χ2n) is 5.41. The molecule has 0 aliphatic rings. The first kappa shape index (κ1) is 17.2. The first-order valence-electron chi connectivity index (χ1n) is 7.22. The average Bonchev–Trinajstić information content (AvgIpc) is 3.14. The molecule has 0 saturated carbocycles. The van der Waals surface area contributed by atoms with Crippen LogP contribution in [0.1, 0.15) is 22.5 Å². The highest BCUT2D eigenvalue weighted by molar-refractivity contribution is 6.32. The monoisotopic (exact) mass is 367 g/mol. The Hall–Kier alpha value is -2.61. The number of aryl methyl sites for hydroxylation is 1.